The molecule has 0 bridgehead atoms. The van der Waals surface area contributed by atoms with E-state index in [1.807, 2.05) is 0 Å². The highest BCUT2D eigenvalue weighted by molar-refractivity contribution is 4.99. The number of nitrogens with one attached hydrogen (secondary N) is 2. The van der Waals surface area contributed by atoms with Gasteiger partial charge in [0.25, 0.3) is 0 Å². The van der Waals surface area contributed by atoms with E-state index < -0.39 is 0 Å². The van der Waals surface area contributed by atoms with Crippen LogP contribution >= 0.6 is 0 Å². The van der Waals surface area contributed by atoms with Crippen molar-refractivity contribution in [3.05, 3.63) is 0 Å². The van der Waals surface area contributed by atoms with E-state index >= 15 is 0 Å². The van der Waals surface area contributed by atoms with Crippen LogP contribution in [0.2, 0.25) is 0 Å². The van der Waals surface area contributed by atoms with E-state index in [4.69, 9.17) is 4.74 Å². The molecule has 0 aromatic heterocycles. The van der Waals surface area contributed by atoms with Gasteiger partial charge in [0.2, 0.25) is 0 Å². The zero-order valence-electron chi connectivity index (χ0n) is 13.4. The summed E-state index contributed by atoms with van der Waals surface area (Å²) in [6, 6.07) is 2.92. The third-order valence-corrected chi connectivity index (χ3v) is 6.17. The average Bonchev–Trinajstić information content (AvgIpc) is 3.16. The number of rotatable bonds is 4. The molecule has 5 unspecified atom stereocenters. The van der Waals surface area contributed by atoms with Crippen molar-refractivity contribution in [2.75, 3.05) is 32.8 Å². The van der Waals surface area contributed by atoms with E-state index in [2.05, 4.69) is 22.5 Å². The van der Waals surface area contributed by atoms with Gasteiger partial charge in [0, 0.05) is 43.8 Å². The first-order valence-electron chi connectivity index (χ1n) is 9.12. The highest BCUT2D eigenvalue weighted by Gasteiger charge is 2.41. The highest BCUT2D eigenvalue weighted by atomic mass is 16.5. The molecule has 120 valence electrons. The molecule has 4 heteroatoms. The summed E-state index contributed by atoms with van der Waals surface area (Å²) in [6.07, 6.45) is 6.99. The molecule has 0 aromatic rings. The van der Waals surface area contributed by atoms with E-state index in [0.717, 1.165) is 37.6 Å². The van der Waals surface area contributed by atoms with Crippen LogP contribution in [0.15, 0.2) is 0 Å². The molecule has 0 aromatic carbocycles. The van der Waals surface area contributed by atoms with Gasteiger partial charge in [-0.15, -0.1) is 0 Å². The quantitative estimate of drug-likeness (QED) is 0.817. The van der Waals surface area contributed by atoms with Gasteiger partial charge in [-0.25, -0.2) is 0 Å². The van der Waals surface area contributed by atoms with Gasteiger partial charge >= 0.3 is 0 Å². The van der Waals surface area contributed by atoms with Crippen LogP contribution in [0.1, 0.15) is 39.0 Å². The molecule has 2 N–H and O–H groups in total. The zero-order chi connectivity index (χ0) is 14.2. The molecule has 2 saturated carbocycles. The molecule has 21 heavy (non-hydrogen) atoms. The van der Waals surface area contributed by atoms with Gasteiger partial charge in [0.05, 0.1) is 13.2 Å². The molecule has 4 nitrogen and oxygen atoms in total. The number of morpholine rings is 1. The van der Waals surface area contributed by atoms with Gasteiger partial charge in [-0.3, -0.25) is 4.90 Å². The lowest BCUT2D eigenvalue weighted by Crippen LogP contribution is -2.53. The van der Waals surface area contributed by atoms with Crippen LogP contribution in [0.3, 0.4) is 0 Å². The highest BCUT2D eigenvalue weighted by Crippen LogP contribution is 2.34. The van der Waals surface area contributed by atoms with Crippen LogP contribution in [0, 0.1) is 11.8 Å². The third kappa shape index (κ3) is 3.14. The Kier molecular flexibility index (Phi) is 4.23. The molecule has 2 saturated heterocycles. The summed E-state index contributed by atoms with van der Waals surface area (Å²) in [5.41, 5.74) is 0. The zero-order valence-corrected chi connectivity index (χ0v) is 13.4. The summed E-state index contributed by atoms with van der Waals surface area (Å²) in [6.45, 7) is 7.86. The Bertz CT molecular complexity index is 354. The summed E-state index contributed by atoms with van der Waals surface area (Å²) < 4.78 is 5.69. The molecular weight excluding hydrogens is 262 g/mol. The SMILES string of the molecule is CC1CN(C2CC2)CC1NC1CCCC1C1COCCN1. The molecular formula is C17H31N3O. The fourth-order valence-electron chi connectivity index (χ4n) is 4.77. The summed E-state index contributed by atoms with van der Waals surface area (Å²) >= 11 is 0. The average molecular weight is 293 g/mol. The van der Waals surface area contributed by atoms with Gasteiger partial charge in [-0.05, 0) is 37.5 Å². The lowest BCUT2D eigenvalue weighted by atomic mass is 9.92. The molecule has 0 spiro atoms. The van der Waals surface area contributed by atoms with Crippen LogP contribution < -0.4 is 10.6 Å². The van der Waals surface area contributed by atoms with Gasteiger partial charge in [-0.1, -0.05) is 13.3 Å². The Morgan fingerprint density at radius 2 is 2.00 bits per heavy atom. The largest absolute Gasteiger partial charge is 0.379 e. The molecule has 5 atom stereocenters. The predicted octanol–water partition coefficient (Wildman–Crippen LogP) is 1.22. The fraction of sp³-hybridized carbons (Fsp3) is 1.00. The second kappa shape index (κ2) is 6.15. The maximum absolute atomic E-state index is 5.69. The topological polar surface area (TPSA) is 36.5 Å². The van der Waals surface area contributed by atoms with E-state index in [1.165, 1.54) is 45.2 Å². The van der Waals surface area contributed by atoms with Gasteiger partial charge in [0.15, 0.2) is 0 Å². The van der Waals surface area contributed by atoms with E-state index in [1.54, 1.807) is 0 Å². The summed E-state index contributed by atoms with van der Waals surface area (Å²) in [7, 11) is 0. The Labute approximate surface area is 129 Å². The summed E-state index contributed by atoms with van der Waals surface area (Å²) in [5, 5.41) is 7.74. The molecule has 4 rings (SSSR count). The van der Waals surface area contributed by atoms with Crippen molar-refractivity contribution >= 4 is 0 Å². The molecule has 4 fully saturated rings. The van der Waals surface area contributed by atoms with Crippen molar-refractivity contribution in [1.29, 1.82) is 0 Å². The van der Waals surface area contributed by atoms with Crippen LogP contribution in [0.4, 0.5) is 0 Å². The molecule has 2 aliphatic heterocycles. The Balaban J connectivity index is 1.34. The van der Waals surface area contributed by atoms with Crippen LogP contribution in [0.25, 0.3) is 0 Å². The molecule has 4 aliphatic rings. The minimum atomic E-state index is 0.579. The third-order valence-electron chi connectivity index (χ3n) is 6.17. The van der Waals surface area contributed by atoms with E-state index in [0.29, 0.717) is 18.1 Å². The maximum Gasteiger partial charge on any atom is 0.0623 e. The predicted molar refractivity (Wildman–Crippen MR) is 84.4 cm³/mol. The fourth-order valence-corrected chi connectivity index (χ4v) is 4.77. The summed E-state index contributed by atoms with van der Waals surface area (Å²) in [5.74, 6) is 1.58. The second-order valence-corrected chi connectivity index (χ2v) is 7.77. The maximum atomic E-state index is 5.69. The van der Waals surface area contributed by atoms with Crippen LogP contribution in [-0.2, 0) is 4.74 Å². The minimum Gasteiger partial charge on any atom is -0.379 e. The lowest BCUT2D eigenvalue weighted by Gasteiger charge is -2.34. The van der Waals surface area contributed by atoms with Crippen LogP contribution in [-0.4, -0.2) is 61.9 Å². The first kappa shape index (κ1) is 14.4. The normalized spacial score (nSPS) is 45.3. The number of hydrogen-bond acceptors (Lipinski definition) is 4. The number of likely N-dealkylation sites (tertiary alicyclic amines) is 1. The van der Waals surface area contributed by atoms with E-state index in [9.17, 15) is 0 Å². The second-order valence-electron chi connectivity index (χ2n) is 7.77. The standard InChI is InChI=1S/C17H31N3O/c1-12-9-20(13-5-6-13)10-16(12)19-15-4-2-3-14(15)17-11-21-8-7-18-17/h12-19H,2-11H2,1H3. The Morgan fingerprint density at radius 1 is 1.10 bits per heavy atom. The summed E-state index contributed by atoms with van der Waals surface area (Å²) in [4.78, 5) is 2.73. The monoisotopic (exact) mass is 293 g/mol. The van der Waals surface area contributed by atoms with Gasteiger partial charge in [0.1, 0.15) is 0 Å². The smallest absolute Gasteiger partial charge is 0.0623 e. The number of hydrogen-bond donors (Lipinski definition) is 2. The van der Waals surface area contributed by atoms with Crippen molar-refractivity contribution in [2.45, 2.75) is 63.2 Å². The van der Waals surface area contributed by atoms with Gasteiger partial charge in [-0.2, -0.15) is 0 Å². The number of nitrogens with zero attached hydrogens (tertiary/aromatic N) is 1. The van der Waals surface area contributed by atoms with Crippen LogP contribution in [0.5, 0.6) is 0 Å². The molecule has 2 heterocycles. The van der Waals surface area contributed by atoms with E-state index in [-0.39, 0.29) is 0 Å². The lowest BCUT2D eigenvalue weighted by molar-refractivity contribution is 0.0514. The van der Waals surface area contributed by atoms with Crippen molar-refractivity contribution in [2.24, 2.45) is 11.8 Å². The van der Waals surface area contributed by atoms with Crippen molar-refractivity contribution < 1.29 is 4.74 Å². The van der Waals surface area contributed by atoms with Crippen molar-refractivity contribution in [1.82, 2.24) is 15.5 Å². The van der Waals surface area contributed by atoms with Crippen molar-refractivity contribution in [3.63, 3.8) is 0 Å². The first-order chi connectivity index (χ1) is 10.3. The molecule has 0 radical (unpaired) electrons. The number of ether oxygens (including phenoxy) is 1. The molecule has 0 amide bonds. The molecule has 2 aliphatic carbocycles. The minimum absolute atomic E-state index is 0.579. The van der Waals surface area contributed by atoms with Crippen molar-refractivity contribution in [3.8, 4) is 0 Å². The Morgan fingerprint density at radius 3 is 2.76 bits per heavy atom. The first-order valence-corrected chi connectivity index (χ1v) is 9.12. The van der Waals surface area contributed by atoms with Gasteiger partial charge < -0.3 is 15.4 Å². The Hall–Kier alpha value is -0.160.